The molecule has 0 saturated heterocycles. The number of hydrogen-bond donors (Lipinski definition) is 4. The first-order valence-corrected chi connectivity index (χ1v) is 20.4. The second kappa shape index (κ2) is 22.3. The number of hydrogen-bond acceptors (Lipinski definition) is 11. The van der Waals surface area contributed by atoms with Gasteiger partial charge in [-0.2, -0.15) is 0 Å². The van der Waals surface area contributed by atoms with Gasteiger partial charge in [-0.25, -0.2) is 19.2 Å². The predicted molar refractivity (Wildman–Crippen MR) is 226 cm³/mol. The topological polar surface area (TPSA) is 156 Å². The van der Waals surface area contributed by atoms with Crippen molar-refractivity contribution in [1.82, 2.24) is 20.1 Å². The number of rotatable bonds is 20. The number of nitrogens with two attached hydrogens (primary N) is 1. The highest BCUT2D eigenvalue weighted by molar-refractivity contribution is 8.14. The first-order chi connectivity index (χ1) is 26.5. The van der Waals surface area contributed by atoms with Crippen molar-refractivity contribution < 1.29 is 19.0 Å². The third-order valence-corrected chi connectivity index (χ3v) is 11.0. The number of unbranched alkanes of at least 4 members (excludes halogenated alkanes) is 1. The number of amidine groups is 3. The maximum Gasteiger partial charge on any atom is 0.355 e. The molecule has 0 bridgehead atoms. The van der Waals surface area contributed by atoms with Crippen LogP contribution in [0.4, 0.5) is 9.52 Å². The summed E-state index contributed by atoms with van der Waals surface area (Å²) in [7, 11) is 3.83. The van der Waals surface area contributed by atoms with Gasteiger partial charge in [0.15, 0.2) is 27.6 Å². The van der Waals surface area contributed by atoms with Crippen molar-refractivity contribution in [2.75, 3.05) is 71.4 Å². The largest absolute Gasteiger partial charge is 0.491 e. The number of thiazole rings is 1. The molecular formula is C40H54FN9O3S2. The number of aryl methyl sites for hydroxylation is 1. The highest BCUT2D eigenvalue weighted by atomic mass is 32.2. The van der Waals surface area contributed by atoms with Gasteiger partial charge in [-0.1, -0.05) is 61.8 Å². The number of likely N-dealkylation sites (N-methyl/N-ethyl adjacent to an activating group) is 1. The summed E-state index contributed by atoms with van der Waals surface area (Å²) in [5.74, 6) is 4.76. The molecule has 2 aliphatic rings. The molecule has 1 aromatic carbocycles. The quantitative estimate of drug-likeness (QED) is 0.0571. The Hall–Kier alpha value is -4.33. The van der Waals surface area contributed by atoms with Gasteiger partial charge in [0, 0.05) is 30.1 Å². The van der Waals surface area contributed by atoms with E-state index >= 15 is 0 Å². The Morgan fingerprint density at radius 1 is 1.16 bits per heavy atom. The fourth-order valence-corrected chi connectivity index (χ4v) is 7.80. The molecule has 2 heterocycles. The first kappa shape index (κ1) is 43.4. The van der Waals surface area contributed by atoms with Gasteiger partial charge >= 0.3 is 5.97 Å². The summed E-state index contributed by atoms with van der Waals surface area (Å²) in [5, 5.41) is 23.9. The number of carboxylic acids is 1. The molecule has 55 heavy (non-hydrogen) atoms. The van der Waals surface area contributed by atoms with E-state index in [0.717, 1.165) is 45.6 Å². The molecule has 1 aromatic heterocycles. The maximum atomic E-state index is 14.7. The molecule has 1 aliphatic heterocycles. The van der Waals surface area contributed by atoms with E-state index in [1.54, 1.807) is 41.8 Å². The van der Waals surface area contributed by atoms with E-state index in [2.05, 4.69) is 56.9 Å². The number of halogens is 1. The predicted octanol–water partition coefficient (Wildman–Crippen LogP) is 5.67. The highest BCUT2D eigenvalue weighted by Gasteiger charge is 2.28. The fraction of sp³-hybridized carbons (Fsp3) is 0.475. The van der Waals surface area contributed by atoms with Crippen molar-refractivity contribution in [1.29, 1.82) is 5.41 Å². The molecule has 5 N–H and O–H groups in total. The molecule has 0 amide bonds. The lowest BCUT2D eigenvalue weighted by molar-refractivity contribution is 0.0690. The molecule has 15 heteroatoms. The number of allylic oxidation sites excluding steroid dienone is 2. The summed E-state index contributed by atoms with van der Waals surface area (Å²) in [4.78, 5) is 32.7. The molecule has 0 saturated carbocycles. The number of aromatic carboxylic acids is 1. The van der Waals surface area contributed by atoms with Crippen LogP contribution in [-0.2, 0) is 6.42 Å². The highest BCUT2D eigenvalue weighted by Crippen LogP contribution is 2.32. The summed E-state index contributed by atoms with van der Waals surface area (Å²) in [6, 6.07) is 4.65. The van der Waals surface area contributed by atoms with E-state index in [0.29, 0.717) is 52.2 Å². The van der Waals surface area contributed by atoms with E-state index < -0.39 is 11.8 Å². The molecule has 2 unspecified atom stereocenters. The fourth-order valence-electron chi connectivity index (χ4n) is 5.63. The van der Waals surface area contributed by atoms with Crippen molar-refractivity contribution >= 4 is 51.0 Å². The number of aliphatic imine (C=N–C) groups is 2. The number of aromatic nitrogens is 1. The van der Waals surface area contributed by atoms with E-state index in [1.807, 2.05) is 37.2 Å². The first-order valence-electron chi connectivity index (χ1n) is 18.7. The number of nitrogens with one attached hydrogen (secondary N) is 2. The second-order valence-electron chi connectivity index (χ2n) is 13.3. The molecule has 0 radical (unpaired) electrons. The normalized spacial score (nSPS) is 16.6. The van der Waals surface area contributed by atoms with Crippen LogP contribution in [0.15, 0.2) is 64.1 Å². The Balaban J connectivity index is 1.44. The summed E-state index contributed by atoms with van der Waals surface area (Å²) >= 11 is 2.79. The molecule has 2 atom stereocenters. The van der Waals surface area contributed by atoms with Gasteiger partial charge < -0.3 is 30.7 Å². The summed E-state index contributed by atoms with van der Waals surface area (Å²) < 4.78 is 20.4. The molecule has 12 nitrogen and oxygen atoms in total. The maximum absolute atomic E-state index is 14.7. The number of carbonyl (C=O) groups is 1. The number of fused-ring (bicyclic) bond motifs is 1. The SMILES string of the molecule is CCN(CC)CCNCCCCN(C(=N)/C=C(/C)C(N)=NC1=NC2C=CC=CC2S1)c1nc(C(=O)O)c(CCCOc2ccc(C#CCN(C)C)cc2F)s1. The monoisotopic (exact) mass is 791 g/mol. The Kier molecular flexibility index (Phi) is 17.6. The zero-order valence-corrected chi connectivity index (χ0v) is 34.1. The minimum Gasteiger partial charge on any atom is -0.491 e. The Bertz CT molecular complexity index is 1840. The van der Waals surface area contributed by atoms with Gasteiger partial charge in [-0.05, 0) is 96.2 Å². The van der Waals surface area contributed by atoms with Crippen LogP contribution in [0.1, 0.15) is 61.0 Å². The summed E-state index contributed by atoms with van der Waals surface area (Å²) in [5.41, 5.74) is 7.48. The van der Waals surface area contributed by atoms with Crippen LogP contribution in [-0.4, -0.2) is 121 Å². The Labute approximate surface area is 333 Å². The van der Waals surface area contributed by atoms with Crippen LogP contribution in [0.25, 0.3) is 0 Å². The minimum absolute atomic E-state index is 0.0338. The van der Waals surface area contributed by atoms with Crippen LogP contribution >= 0.6 is 23.1 Å². The van der Waals surface area contributed by atoms with E-state index in [1.165, 1.54) is 17.4 Å². The van der Waals surface area contributed by atoms with Gasteiger partial charge in [-0.15, -0.1) is 11.3 Å². The van der Waals surface area contributed by atoms with Crippen LogP contribution < -0.4 is 20.7 Å². The summed E-state index contributed by atoms with van der Waals surface area (Å²) in [6.07, 6.45) is 12.1. The van der Waals surface area contributed by atoms with E-state index in [4.69, 9.17) is 15.9 Å². The van der Waals surface area contributed by atoms with Gasteiger partial charge in [0.1, 0.15) is 11.7 Å². The minimum atomic E-state index is -1.15. The number of ether oxygens (including phenoxy) is 1. The van der Waals surface area contributed by atoms with Crippen LogP contribution in [0.2, 0.25) is 0 Å². The average Bonchev–Trinajstić information content (AvgIpc) is 3.77. The van der Waals surface area contributed by atoms with Crippen molar-refractivity contribution in [3.63, 3.8) is 0 Å². The number of nitrogens with zero attached hydrogens (tertiary/aromatic N) is 6. The van der Waals surface area contributed by atoms with Gasteiger partial charge in [0.25, 0.3) is 0 Å². The molecule has 0 spiro atoms. The second-order valence-corrected chi connectivity index (χ2v) is 15.5. The Morgan fingerprint density at radius 2 is 1.95 bits per heavy atom. The van der Waals surface area contributed by atoms with Gasteiger partial charge in [-0.3, -0.25) is 15.3 Å². The van der Waals surface area contributed by atoms with Gasteiger partial charge in [0.2, 0.25) is 0 Å². The zero-order chi connectivity index (χ0) is 39.7. The lowest BCUT2D eigenvalue weighted by Gasteiger charge is -2.21. The Morgan fingerprint density at radius 3 is 2.65 bits per heavy atom. The number of anilines is 1. The number of benzene rings is 1. The van der Waals surface area contributed by atoms with E-state index in [-0.39, 0.29) is 41.0 Å². The van der Waals surface area contributed by atoms with Crippen LogP contribution in [0, 0.1) is 23.1 Å². The average molecular weight is 792 g/mol. The van der Waals surface area contributed by atoms with Crippen LogP contribution in [0.5, 0.6) is 5.75 Å². The van der Waals surface area contributed by atoms with Crippen molar-refractivity contribution in [3.8, 4) is 17.6 Å². The third-order valence-electron chi connectivity index (χ3n) is 8.79. The summed E-state index contributed by atoms with van der Waals surface area (Å²) in [6.45, 7) is 12.0. The smallest absolute Gasteiger partial charge is 0.355 e. The van der Waals surface area contributed by atoms with Crippen LogP contribution in [0.3, 0.4) is 0 Å². The molecular weight excluding hydrogens is 738 g/mol. The van der Waals surface area contributed by atoms with E-state index in [9.17, 15) is 14.3 Å². The molecule has 296 valence electrons. The van der Waals surface area contributed by atoms with Gasteiger partial charge in [0.05, 0.1) is 24.4 Å². The molecule has 0 fully saturated rings. The standard InChI is InChI=1S/C40H54FN9O3S2/c1-6-49(7-2)24-21-44-20-10-11-23-50(35(42)26-28(3)37(43)47-39-45-31-15-8-9-16-33(31)54-39)40-46-36(38(51)52)34(55-40)17-13-25-53-32-19-18-29(27-30(32)41)14-12-22-48(4)5/h8-9,15-16,18-19,26-27,31,33,42,44H,6-7,10-11,13,17,20-25H2,1-5H3,(H,51,52)(H2,43,45,47)/b28-26-,42-35?. The zero-order valence-electron chi connectivity index (χ0n) is 32.5. The van der Waals surface area contributed by atoms with Crippen molar-refractivity contribution in [2.24, 2.45) is 15.7 Å². The molecule has 4 rings (SSSR count). The number of carboxylic acid groups (broad SMARTS) is 1. The third kappa shape index (κ3) is 13.7. The lowest BCUT2D eigenvalue weighted by atomic mass is 10.1. The van der Waals surface area contributed by atoms with Crippen molar-refractivity contribution in [3.05, 3.63) is 76.1 Å². The molecule has 1 aliphatic carbocycles. The number of thioether (sulfide) groups is 1. The lowest BCUT2D eigenvalue weighted by Crippen LogP contribution is -2.33. The van der Waals surface area contributed by atoms with Crippen molar-refractivity contribution in [2.45, 2.75) is 57.7 Å². The molecule has 2 aromatic rings.